The van der Waals surface area contributed by atoms with E-state index < -0.39 is 6.10 Å². The van der Waals surface area contributed by atoms with Gasteiger partial charge in [-0.25, -0.2) is 4.39 Å². The summed E-state index contributed by atoms with van der Waals surface area (Å²) in [6, 6.07) is 6.63. The van der Waals surface area contributed by atoms with E-state index in [-0.39, 0.29) is 5.82 Å². The molecule has 0 amide bonds. The van der Waals surface area contributed by atoms with Gasteiger partial charge in [-0.2, -0.15) is 5.26 Å². The number of nitriles is 1. The maximum atomic E-state index is 13.2. The van der Waals surface area contributed by atoms with Crippen LogP contribution >= 0.6 is 11.3 Å². The van der Waals surface area contributed by atoms with Crippen LogP contribution in [0.2, 0.25) is 0 Å². The molecule has 0 aliphatic carbocycles. The van der Waals surface area contributed by atoms with E-state index in [2.05, 4.69) is 11.0 Å². The summed E-state index contributed by atoms with van der Waals surface area (Å²) in [5, 5.41) is 20.2. The number of anilines is 1. The zero-order valence-electron chi connectivity index (χ0n) is 12.8. The van der Waals surface area contributed by atoms with Crippen molar-refractivity contribution in [1.29, 1.82) is 5.26 Å². The van der Waals surface area contributed by atoms with Crippen LogP contribution in [0.5, 0.6) is 0 Å². The molecule has 3 rings (SSSR count). The van der Waals surface area contributed by atoms with E-state index in [9.17, 15) is 9.50 Å². The highest BCUT2D eigenvalue weighted by molar-refractivity contribution is 7.16. The average Bonchev–Trinajstić information content (AvgIpc) is 2.81. The van der Waals surface area contributed by atoms with Crippen LogP contribution in [0.4, 0.5) is 9.39 Å². The van der Waals surface area contributed by atoms with Gasteiger partial charge in [0.2, 0.25) is 0 Å². The molecular formula is C17H18FN3OS. The highest BCUT2D eigenvalue weighted by atomic mass is 32.1. The van der Waals surface area contributed by atoms with E-state index >= 15 is 0 Å². The number of hydrogen-bond acceptors (Lipinski definition) is 5. The first-order valence-electron chi connectivity index (χ1n) is 7.46. The third kappa shape index (κ3) is 3.08. The van der Waals surface area contributed by atoms with Crippen molar-refractivity contribution in [1.82, 2.24) is 4.90 Å². The number of thiophene rings is 1. The van der Waals surface area contributed by atoms with Crippen LogP contribution in [0.25, 0.3) is 0 Å². The molecule has 0 saturated heterocycles. The lowest BCUT2D eigenvalue weighted by Crippen LogP contribution is -2.33. The van der Waals surface area contributed by atoms with Gasteiger partial charge in [0.25, 0.3) is 0 Å². The molecule has 1 aromatic carbocycles. The molecule has 1 aliphatic heterocycles. The molecule has 0 saturated carbocycles. The number of hydrogen-bond donors (Lipinski definition) is 2. The summed E-state index contributed by atoms with van der Waals surface area (Å²) < 4.78 is 13.2. The topological polar surface area (TPSA) is 73.3 Å². The van der Waals surface area contributed by atoms with Gasteiger partial charge >= 0.3 is 0 Å². The van der Waals surface area contributed by atoms with Crippen LogP contribution in [-0.4, -0.2) is 23.1 Å². The largest absolute Gasteiger partial charge is 0.389 e. The molecular weight excluding hydrogens is 313 g/mol. The number of halogens is 1. The number of nitrogens with two attached hydrogens (primary N) is 1. The minimum Gasteiger partial charge on any atom is -0.389 e. The Hall–Kier alpha value is -1.94. The lowest BCUT2D eigenvalue weighted by molar-refractivity contribution is 0.106. The highest BCUT2D eigenvalue weighted by Crippen LogP contribution is 2.35. The first-order valence-corrected chi connectivity index (χ1v) is 8.27. The van der Waals surface area contributed by atoms with E-state index in [0.29, 0.717) is 23.7 Å². The number of nitrogen functional groups attached to an aromatic ring is 1. The summed E-state index contributed by atoms with van der Waals surface area (Å²) in [6.07, 6.45) is 0.103. The summed E-state index contributed by atoms with van der Waals surface area (Å²) in [6.45, 7) is 3.74. The first-order chi connectivity index (χ1) is 11.0. The summed E-state index contributed by atoms with van der Waals surface area (Å²) in [5.74, 6) is -0.292. The molecule has 2 heterocycles. The predicted molar refractivity (Wildman–Crippen MR) is 88.5 cm³/mol. The second-order valence-corrected chi connectivity index (χ2v) is 6.99. The lowest BCUT2D eigenvalue weighted by atomic mass is 10.0. The molecule has 0 spiro atoms. The fourth-order valence-electron chi connectivity index (χ4n) is 3.11. The van der Waals surface area contributed by atoms with Crippen LogP contribution in [0, 0.1) is 24.1 Å². The van der Waals surface area contributed by atoms with Crippen molar-refractivity contribution in [2.45, 2.75) is 26.0 Å². The Morgan fingerprint density at radius 1 is 1.52 bits per heavy atom. The average molecular weight is 331 g/mol. The molecule has 0 radical (unpaired) electrons. The zero-order valence-corrected chi connectivity index (χ0v) is 13.7. The molecule has 3 N–H and O–H groups in total. The van der Waals surface area contributed by atoms with Gasteiger partial charge < -0.3 is 10.8 Å². The highest BCUT2D eigenvalue weighted by Gasteiger charge is 2.25. The Bertz CT molecular complexity index is 781. The normalized spacial score (nSPS) is 15.9. The van der Waals surface area contributed by atoms with E-state index in [4.69, 9.17) is 11.0 Å². The van der Waals surface area contributed by atoms with Gasteiger partial charge in [0.05, 0.1) is 11.7 Å². The van der Waals surface area contributed by atoms with Crippen LogP contribution < -0.4 is 5.73 Å². The Morgan fingerprint density at radius 3 is 3.00 bits per heavy atom. The van der Waals surface area contributed by atoms with Gasteiger partial charge in [0, 0.05) is 24.5 Å². The van der Waals surface area contributed by atoms with Gasteiger partial charge in [-0.3, -0.25) is 4.90 Å². The van der Waals surface area contributed by atoms with Crippen LogP contribution in [0.1, 0.15) is 33.2 Å². The van der Waals surface area contributed by atoms with E-state index in [1.54, 1.807) is 13.0 Å². The fourth-order valence-corrected chi connectivity index (χ4v) is 4.22. The summed E-state index contributed by atoms with van der Waals surface area (Å²) in [4.78, 5) is 3.25. The molecule has 23 heavy (non-hydrogen) atoms. The van der Waals surface area contributed by atoms with Gasteiger partial charge in [-0.15, -0.1) is 11.3 Å². The molecule has 2 aromatic rings. The Balaban J connectivity index is 1.73. The quantitative estimate of drug-likeness (QED) is 0.907. The van der Waals surface area contributed by atoms with Crippen molar-refractivity contribution in [2.24, 2.45) is 0 Å². The Kier molecular flexibility index (Phi) is 4.35. The molecule has 1 unspecified atom stereocenters. The predicted octanol–water partition coefficient (Wildman–Crippen LogP) is 2.74. The number of rotatable bonds is 3. The molecule has 4 nitrogen and oxygen atoms in total. The van der Waals surface area contributed by atoms with Gasteiger partial charge in [0.15, 0.2) is 0 Å². The van der Waals surface area contributed by atoms with Crippen LogP contribution in [0.15, 0.2) is 18.2 Å². The summed E-state index contributed by atoms with van der Waals surface area (Å²) >= 11 is 1.46. The second-order valence-electron chi connectivity index (χ2n) is 5.86. The monoisotopic (exact) mass is 331 g/mol. The van der Waals surface area contributed by atoms with Gasteiger partial charge in [-0.05, 0) is 42.2 Å². The number of aryl methyl sites for hydroxylation is 1. The number of nitrogens with zero attached hydrogens (tertiary/aromatic N) is 2. The van der Waals surface area contributed by atoms with Crippen LogP contribution in [0.3, 0.4) is 0 Å². The Morgan fingerprint density at radius 2 is 2.30 bits per heavy atom. The molecule has 120 valence electrons. The maximum absolute atomic E-state index is 13.2. The first kappa shape index (κ1) is 15.9. The summed E-state index contributed by atoms with van der Waals surface area (Å²) in [5.41, 5.74) is 9.06. The number of benzene rings is 1. The van der Waals surface area contributed by atoms with Crippen molar-refractivity contribution in [3.63, 3.8) is 0 Å². The van der Waals surface area contributed by atoms with Crippen LogP contribution in [-0.2, 0) is 13.0 Å². The number of aliphatic hydroxyl groups is 1. The smallest absolute Gasteiger partial charge is 0.123 e. The minimum atomic E-state index is -0.662. The molecule has 0 fully saturated rings. The molecule has 1 aromatic heterocycles. The molecule has 6 heteroatoms. The molecule has 1 aliphatic rings. The summed E-state index contributed by atoms with van der Waals surface area (Å²) in [7, 11) is 0. The number of fused-ring (bicyclic) bond motifs is 1. The van der Waals surface area contributed by atoms with Crippen molar-refractivity contribution in [3.05, 3.63) is 51.1 Å². The van der Waals surface area contributed by atoms with E-state index in [0.717, 1.165) is 34.5 Å². The number of aliphatic hydroxyl groups excluding tert-OH is 1. The standard InChI is InChI=1S/C17H18FN3OS/c1-10-6-11(18)2-3-12(10)15(22)8-21-5-4-13-14(7-19)17(20)23-16(13)9-21/h2-3,6,15,22H,4-5,8-9,20H2,1H3. The van der Waals surface area contributed by atoms with Crippen molar-refractivity contribution < 1.29 is 9.50 Å². The third-order valence-corrected chi connectivity index (χ3v) is 5.34. The van der Waals surface area contributed by atoms with Gasteiger partial charge in [0.1, 0.15) is 16.9 Å². The van der Waals surface area contributed by atoms with E-state index in [1.165, 1.54) is 23.5 Å². The number of β-amino-alcohol motifs (C(OH)–C–C–N with tert-alkyl or cyclic N) is 1. The SMILES string of the molecule is Cc1cc(F)ccc1C(O)CN1CCc2c(sc(N)c2C#N)C1. The van der Waals surface area contributed by atoms with Crippen molar-refractivity contribution in [2.75, 3.05) is 18.8 Å². The van der Waals surface area contributed by atoms with E-state index in [1.807, 2.05) is 0 Å². The molecule has 0 bridgehead atoms. The lowest BCUT2D eigenvalue weighted by Gasteiger charge is -2.29. The van der Waals surface area contributed by atoms with Crippen molar-refractivity contribution in [3.8, 4) is 6.07 Å². The zero-order chi connectivity index (χ0) is 16.6. The minimum absolute atomic E-state index is 0.292. The van der Waals surface area contributed by atoms with Gasteiger partial charge in [-0.1, -0.05) is 6.07 Å². The second kappa shape index (κ2) is 6.28. The van der Waals surface area contributed by atoms with Crippen molar-refractivity contribution >= 4 is 16.3 Å². The third-order valence-electron chi connectivity index (χ3n) is 4.30. The fraction of sp³-hybridized carbons (Fsp3) is 0.353. The molecule has 1 atom stereocenters. The Labute approximate surface area is 138 Å². The maximum Gasteiger partial charge on any atom is 0.123 e.